The molecule has 2 nitrogen and oxygen atoms in total. The minimum atomic E-state index is -5.30. The molecule has 0 aliphatic rings. The molecule has 5 aromatic carbocycles. The molecule has 6 aromatic rings. The Morgan fingerprint density at radius 1 is 0.686 bits per heavy atom. The first kappa shape index (κ1) is 22.1. The van der Waals surface area contributed by atoms with Crippen LogP contribution in [0.1, 0.15) is 5.56 Å². The van der Waals surface area contributed by atoms with Gasteiger partial charge in [-0.1, -0.05) is 66.7 Å². The van der Waals surface area contributed by atoms with Crippen LogP contribution in [-0.4, -0.2) is 13.9 Å². The van der Waals surface area contributed by atoms with E-state index < -0.39 is 21.1 Å². The van der Waals surface area contributed by atoms with E-state index in [4.69, 9.17) is 0 Å². The molecular weight excluding hydrogens is 489 g/mol. The molecular formula is C28H17F3O2S2. The maximum Gasteiger partial charge on any atom is 0.497 e. The second-order valence-corrected chi connectivity index (χ2v) is 11.6. The zero-order valence-electron chi connectivity index (χ0n) is 18.1. The Hall–Kier alpha value is -3.42. The van der Waals surface area contributed by atoms with Crippen molar-refractivity contribution in [3.05, 3.63) is 96.6 Å². The van der Waals surface area contributed by atoms with Crippen LogP contribution in [0.5, 0.6) is 0 Å². The first-order valence-corrected chi connectivity index (χ1v) is 13.3. The molecule has 0 radical (unpaired) electrons. The van der Waals surface area contributed by atoms with Crippen molar-refractivity contribution in [3.8, 4) is 11.1 Å². The Labute approximate surface area is 203 Å². The van der Waals surface area contributed by atoms with Crippen LogP contribution in [-0.2, 0) is 15.6 Å². The fraction of sp³-hybridized carbons (Fsp3) is 0.0714. The zero-order valence-corrected chi connectivity index (χ0v) is 19.8. The van der Waals surface area contributed by atoms with E-state index >= 15 is 0 Å². The SMILES string of the molecule is O=S(=O)(Cc1cccc2sc3ccc(-c4cc5ccccc5c5ccccc45)cc3c12)C(F)(F)F. The Balaban J connectivity index is 1.62. The minimum Gasteiger partial charge on any atom is -0.219 e. The number of hydrogen-bond donors (Lipinski definition) is 0. The van der Waals surface area contributed by atoms with E-state index in [2.05, 4.69) is 30.3 Å². The highest BCUT2D eigenvalue weighted by Gasteiger charge is 2.45. The summed E-state index contributed by atoms with van der Waals surface area (Å²) in [5.41, 5.74) is -3.20. The van der Waals surface area contributed by atoms with Crippen LogP contribution >= 0.6 is 11.3 Å². The molecule has 0 spiro atoms. The monoisotopic (exact) mass is 506 g/mol. The lowest BCUT2D eigenvalue weighted by Crippen LogP contribution is -2.24. The maximum atomic E-state index is 13.1. The lowest BCUT2D eigenvalue weighted by molar-refractivity contribution is -0.0437. The summed E-state index contributed by atoms with van der Waals surface area (Å²) < 4.78 is 65.0. The van der Waals surface area contributed by atoms with Crippen molar-refractivity contribution in [2.24, 2.45) is 0 Å². The largest absolute Gasteiger partial charge is 0.497 e. The average Bonchev–Trinajstić information content (AvgIpc) is 3.21. The molecule has 1 heterocycles. The molecule has 0 aliphatic heterocycles. The number of rotatable bonds is 3. The van der Waals surface area contributed by atoms with E-state index in [1.807, 2.05) is 48.5 Å². The summed E-state index contributed by atoms with van der Waals surface area (Å²) in [5.74, 6) is -1.08. The van der Waals surface area contributed by atoms with Crippen LogP contribution in [0.15, 0.2) is 91.0 Å². The van der Waals surface area contributed by atoms with Crippen LogP contribution < -0.4 is 0 Å². The number of halogens is 3. The fourth-order valence-corrected chi connectivity index (χ4v) is 6.71. The van der Waals surface area contributed by atoms with Crippen LogP contribution in [0.25, 0.3) is 52.8 Å². The molecule has 0 N–H and O–H groups in total. The topological polar surface area (TPSA) is 34.1 Å². The minimum absolute atomic E-state index is 0.159. The number of alkyl halides is 3. The van der Waals surface area contributed by atoms with Gasteiger partial charge in [-0.3, -0.25) is 0 Å². The van der Waals surface area contributed by atoms with Gasteiger partial charge in [-0.25, -0.2) is 8.42 Å². The second-order valence-electron chi connectivity index (χ2n) is 8.50. The van der Waals surface area contributed by atoms with Gasteiger partial charge in [-0.15, -0.1) is 11.3 Å². The Morgan fingerprint density at radius 3 is 2.17 bits per heavy atom. The normalized spacial score (nSPS) is 12.8. The van der Waals surface area contributed by atoms with Gasteiger partial charge in [-0.2, -0.15) is 13.2 Å². The molecule has 6 rings (SSSR count). The first-order chi connectivity index (χ1) is 16.7. The standard InChI is InChI=1S/C28H17F3O2S2/c29-28(30,31)35(32,33)16-19-7-5-11-26-27(19)24-15-18(12-13-25(24)34-26)23-14-17-6-1-2-8-20(17)21-9-3-4-10-22(21)23/h1-15H,16H2. The van der Waals surface area contributed by atoms with Gasteiger partial charge in [0.05, 0.1) is 5.75 Å². The van der Waals surface area contributed by atoms with Crippen molar-refractivity contribution >= 4 is 62.9 Å². The maximum absolute atomic E-state index is 13.1. The molecule has 0 saturated carbocycles. The molecule has 7 heteroatoms. The van der Waals surface area contributed by atoms with Crippen molar-refractivity contribution in [2.75, 3.05) is 0 Å². The highest BCUT2D eigenvalue weighted by atomic mass is 32.2. The average molecular weight is 507 g/mol. The van der Waals surface area contributed by atoms with Gasteiger partial charge in [0.25, 0.3) is 9.84 Å². The van der Waals surface area contributed by atoms with E-state index in [-0.39, 0.29) is 5.56 Å². The Bertz CT molecular complexity index is 1880. The van der Waals surface area contributed by atoms with E-state index in [1.165, 1.54) is 17.4 Å². The second kappa shape index (κ2) is 7.80. The van der Waals surface area contributed by atoms with E-state index in [0.29, 0.717) is 5.39 Å². The van der Waals surface area contributed by atoms with Crippen LogP contribution in [0, 0.1) is 0 Å². The third-order valence-corrected chi connectivity index (χ3v) is 8.89. The fourth-order valence-electron chi connectivity index (χ4n) is 4.77. The van der Waals surface area contributed by atoms with E-state index in [9.17, 15) is 21.6 Å². The molecule has 0 atom stereocenters. The van der Waals surface area contributed by atoms with Gasteiger partial charge < -0.3 is 0 Å². The summed E-state index contributed by atoms with van der Waals surface area (Å²) in [6.45, 7) is 0. The predicted octanol–water partition coefficient (Wildman–Crippen LogP) is 8.46. The van der Waals surface area contributed by atoms with Gasteiger partial charge >= 0.3 is 5.51 Å². The van der Waals surface area contributed by atoms with Gasteiger partial charge in [0, 0.05) is 20.2 Å². The Morgan fingerprint density at radius 2 is 1.40 bits per heavy atom. The van der Waals surface area contributed by atoms with Gasteiger partial charge in [0.1, 0.15) is 0 Å². The molecule has 35 heavy (non-hydrogen) atoms. The lowest BCUT2D eigenvalue weighted by Gasteiger charge is -2.12. The lowest BCUT2D eigenvalue weighted by atomic mass is 9.92. The number of thiophene rings is 1. The van der Waals surface area contributed by atoms with Crippen LogP contribution in [0.4, 0.5) is 13.2 Å². The highest BCUT2D eigenvalue weighted by Crippen LogP contribution is 2.41. The van der Waals surface area contributed by atoms with E-state index in [1.54, 1.807) is 6.07 Å². The Kier molecular flexibility index (Phi) is 4.92. The van der Waals surface area contributed by atoms with Crippen molar-refractivity contribution < 1.29 is 21.6 Å². The molecule has 0 aliphatic carbocycles. The molecule has 0 unspecified atom stereocenters. The summed E-state index contributed by atoms with van der Waals surface area (Å²) in [6, 6.07) is 29.2. The molecule has 174 valence electrons. The smallest absolute Gasteiger partial charge is 0.219 e. The molecule has 0 saturated heterocycles. The molecule has 0 fully saturated rings. The quantitative estimate of drug-likeness (QED) is 0.226. The number of benzene rings is 5. The van der Waals surface area contributed by atoms with Crippen molar-refractivity contribution in [1.82, 2.24) is 0 Å². The highest BCUT2D eigenvalue weighted by molar-refractivity contribution is 7.91. The first-order valence-electron chi connectivity index (χ1n) is 10.9. The molecule has 1 aromatic heterocycles. The van der Waals surface area contributed by atoms with Gasteiger partial charge in [0.15, 0.2) is 0 Å². The van der Waals surface area contributed by atoms with E-state index in [0.717, 1.165) is 47.5 Å². The summed E-state index contributed by atoms with van der Waals surface area (Å²) in [7, 11) is -5.30. The third kappa shape index (κ3) is 3.58. The molecule has 0 amide bonds. The number of fused-ring (bicyclic) bond motifs is 6. The third-order valence-electron chi connectivity index (χ3n) is 6.36. The van der Waals surface area contributed by atoms with Gasteiger partial charge in [-0.05, 0) is 62.5 Å². The van der Waals surface area contributed by atoms with Crippen molar-refractivity contribution in [3.63, 3.8) is 0 Å². The summed E-state index contributed by atoms with van der Waals surface area (Å²) in [5, 5.41) is 5.75. The summed E-state index contributed by atoms with van der Waals surface area (Å²) in [6.07, 6.45) is 0. The number of sulfone groups is 1. The van der Waals surface area contributed by atoms with Crippen LogP contribution in [0.2, 0.25) is 0 Å². The van der Waals surface area contributed by atoms with Crippen molar-refractivity contribution in [2.45, 2.75) is 11.3 Å². The molecule has 0 bridgehead atoms. The zero-order chi connectivity index (χ0) is 24.4. The van der Waals surface area contributed by atoms with Crippen molar-refractivity contribution in [1.29, 1.82) is 0 Å². The summed E-state index contributed by atoms with van der Waals surface area (Å²) >= 11 is 1.44. The van der Waals surface area contributed by atoms with Crippen LogP contribution in [0.3, 0.4) is 0 Å². The number of hydrogen-bond acceptors (Lipinski definition) is 3. The predicted molar refractivity (Wildman–Crippen MR) is 138 cm³/mol. The summed E-state index contributed by atoms with van der Waals surface area (Å²) in [4.78, 5) is 0. The van der Waals surface area contributed by atoms with Gasteiger partial charge in [0.2, 0.25) is 0 Å².